The summed E-state index contributed by atoms with van der Waals surface area (Å²) >= 11 is 6.68. The first-order valence-electron chi connectivity index (χ1n) is 45.8. The Balaban J connectivity index is 0.000000123. The minimum absolute atomic E-state index is 0.312. The first-order chi connectivity index (χ1) is 65.9. The van der Waals surface area contributed by atoms with Gasteiger partial charge in [0.1, 0.15) is 0 Å². The summed E-state index contributed by atoms with van der Waals surface area (Å²) in [4.78, 5) is 2.52. The van der Waals surface area contributed by atoms with Gasteiger partial charge in [-0.15, -0.1) is 0 Å². The number of anilines is 5. The fourth-order valence-electron chi connectivity index (χ4n) is 22.4. The van der Waals surface area contributed by atoms with E-state index < -0.39 is 5.41 Å². The predicted octanol–water partition coefficient (Wildman–Crippen LogP) is 34.1. The lowest BCUT2D eigenvalue weighted by atomic mass is 9.70. The number of hydrogen-bond acceptors (Lipinski definition) is 2. The largest absolute Gasteiger partial charge is 0.356 e. The Hall–Kier alpha value is -16.9. The molecule has 2 heterocycles. The SMILES string of the molecule is Clc1ccc2c(c1-c1ccccc1)c1ccccc1n2-c1ccccc1.c1ccc(-c2ccc(N(c3ccc4c(c3)C3(c5ccccc5-c5ccccc53)c3ccccc3-4)c3ccc4c(c3-c3cccc(-c5ccccc5)c3)c3ccccc3n4-c3ccccc3)cc2)cc1.c1ccc(-c2ccc(Nc3ccc4c(c3)C3(c5ccccc5-c5ccccc53)c3ccccc3-4)cc2)cc1. The second kappa shape index (κ2) is 32.4. The molecule has 133 heavy (non-hydrogen) atoms. The van der Waals surface area contributed by atoms with Crippen molar-refractivity contribution in [2.45, 2.75) is 10.8 Å². The molecule has 0 fully saturated rings. The highest BCUT2D eigenvalue weighted by Gasteiger charge is 2.53. The lowest BCUT2D eigenvalue weighted by Crippen LogP contribution is -2.26. The van der Waals surface area contributed by atoms with Crippen LogP contribution in [-0.4, -0.2) is 9.13 Å². The van der Waals surface area contributed by atoms with Crippen molar-refractivity contribution in [3.05, 3.63) is 559 Å². The number of para-hydroxylation sites is 4. The maximum atomic E-state index is 6.68. The average Bonchev–Trinajstić information content (AvgIpc) is 1.55. The quantitative estimate of drug-likeness (QED) is 0.132. The molecule has 0 radical (unpaired) electrons. The zero-order valence-electron chi connectivity index (χ0n) is 72.7. The molecule has 0 amide bonds. The van der Waals surface area contributed by atoms with Crippen molar-refractivity contribution in [1.82, 2.24) is 9.13 Å². The Kier molecular flexibility index (Phi) is 19.1. The highest BCUT2D eigenvalue weighted by molar-refractivity contribution is 6.36. The second-order valence-electron chi connectivity index (χ2n) is 34.9. The summed E-state index contributed by atoms with van der Waals surface area (Å²) in [5.41, 5.74) is 44.7. The van der Waals surface area contributed by atoms with Crippen LogP contribution >= 0.6 is 11.6 Å². The van der Waals surface area contributed by atoms with Gasteiger partial charge in [-0.3, -0.25) is 0 Å². The maximum Gasteiger partial charge on any atom is 0.0726 e. The van der Waals surface area contributed by atoms with Crippen LogP contribution in [-0.2, 0) is 10.8 Å². The third-order valence-corrected chi connectivity index (χ3v) is 28.3. The van der Waals surface area contributed by atoms with E-state index in [4.69, 9.17) is 11.6 Å². The molecule has 5 heteroatoms. The van der Waals surface area contributed by atoms with E-state index in [9.17, 15) is 0 Å². The highest BCUT2D eigenvalue weighted by atomic mass is 35.5. The standard InChI is InChI=1S/C67H44N2.C37H25N.C24H16ClN/c1-4-19-45(20-5-1)47-35-37-51(38-36-47)68(52-39-40-56-55-29-12-16-33-60(55)67(61(56)44-52)58-31-14-10-27-53(58)54-28-11-15-32-59(54)67)63-41-42-64-66(57-30-13-17-34-62(57)69(64)50-25-8-3-9-26-50)65(63)49-24-18-23-48(43-49)46-21-6-2-7-22-46;1-2-10-25(11-3-1)26-18-20-27(21-19-26)38-28-22-23-32-31-14-6-9-17-35(31)37(36(32)24-28)33-15-7-4-12-29(33)30-13-5-8-16-34(30)37;25-20-15-16-22-24(23(20)17-9-3-1-4-10-17)19-13-7-8-14-21(19)26(22)18-11-5-2-6-12-18/h1-44H;1-24,38H;1-16H. The molecule has 4 aliphatic rings. The third kappa shape index (κ3) is 12.7. The molecule has 2 aromatic heterocycles. The molecule has 0 saturated carbocycles. The Morgan fingerprint density at radius 1 is 0.203 bits per heavy atom. The van der Waals surface area contributed by atoms with E-state index in [1.165, 1.54) is 166 Å². The van der Waals surface area contributed by atoms with Crippen LogP contribution in [0.25, 0.3) is 155 Å². The normalized spacial score (nSPS) is 12.7. The molecule has 27 rings (SSSR count). The first kappa shape index (κ1) is 78.4. The van der Waals surface area contributed by atoms with E-state index >= 15 is 0 Å². The third-order valence-electron chi connectivity index (χ3n) is 27.9. The minimum Gasteiger partial charge on any atom is -0.356 e. The van der Waals surface area contributed by atoms with Crippen LogP contribution in [0.4, 0.5) is 28.4 Å². The van der Waals surface area contributed by atoms with Gasteiger partial charge in [0.15, 0.2) is 0 Å². The minimum atomic E-state index is -0.488. The van der Waals surface area contributed by atoms with Gasteiger partial charge in [0.05, 0.1) is 38.6 Å². The monoisotopic (exact) mass is 1710 g/mol. The highest BCUT2D eigenvalue weighted by Crippen LogP contribution is 2.66. The van der Waals surface area contributed by atoms with Crippen LogP contribution < -0.4 is 10.2 Å². The Bertz CT molecular complexity index is 8330. The van der Waals surface area contributed by atoms with E-state index in [1.54, 1.807) is 0 Å². The van der Waals surface area contributed by atoms with Crippen molar-refractivity contribution in [3.8, 4) is 112 Å². The zero-order valence-corrected chi connectivity index (χ0v) is 73.5. The number of benzene rings is 21. The summed E-state index contributed by atoms with van der Waals surface area (Å²) < 4.78 is 4.75. The van der Waals surface area contributed by atoms with Gasteiger partial charge in [-0.05, 0) is 249 Å². The van der Waals surface area contributed by atoms with Gasteiger partial charge in [0.2, 0.25) is 0 Å². The van der Waals surface area contributed by atoms with Crippen LogP contribution in [0.2, 0.25) is 5.02 Å². The molecule has 0 saturated heterocycles. The van der Waals surface area contributed by atoms with Crippen molar-refractivity contribution < 1.29 is 0 Å². The molecular formula is C128H85ClN4. The molecule has 0 aliphatic heterocycles. The van der Waals surface area contributed by atoms with E-state index in [-0.39, 0.29) is 5.41 Å². The van der Waals surface area contributed by atoms with Gasteiger partial charge in [0, 0.05) is 71.8 Å². The van der Waals surface area contributed by atoms with E-state index in [1.807, 2.05) is 18.2 Å². The van der Waals surface area contributed by atoms with Crippen molar-refractivity contribution in [2.24, 2.45) is 0 Å². The summed E-state index contributed by atoms with van der Waals surface area (Å²) in [7, 11) is 0. The molecule has 1 N–H and O–H groups in total. The molecule has 0 atom stereocenters. The molecule has 23 aromatic rings. The van der Waals surface area contributed by atoms with Gasteiger partial charge < -0.3 is 19.4 Å². The number of halogens is 1. The van der Waals surface area contributed by atoms with Gasteiger partial charge in [-0.25, -0.2) is 0 Å². The van der Waals surface area contributed by atoms with Crippen molar-refractivity contribution in [1.29, 1.82) is 0 Å². The molecule has 0 unspecified atom stereocenters. The maximum absolute atomic E-state index is 6.68. The number of nitrogens with one attached hydrogen (secondary N) is 1. The van der Waals surface area contributed by atoms with Crippen LogP contribution in [0.1, 0.15) is 44.5 Å². The summed E-state index contributed by atoms with van der Waals surface area (Å²) in [5.74, 6) is 0. The topological polar surface area (TPSA) is 25.1 Å². The van der Waals surface area contributed by atoms with Gasteiger partial charge in [-0.1, -0.05) is 406 Å². The number of hydrogen-bond donors (Lipinski definition) is 1. The summed E-state index contributed by atoms with van der Waals surface area (Å²) in [6.45, 7) is 0. The van der Waals surface area contributed by atoms with Gasteiger partial charge >= 0.3 is 0 Å². The van der Waals surface area contributed by atoms with E-state index in [0.29, 0.717) is 0 Å². The Morgan fingerprint density at radius 2 is 0.526 bits per heavy atom. The summed E-state index contributed by atoms with van der Waals surface area (Å²) in [5, 5.41) is 9.31. The predicted molar refractivity (Wildman–Crippen MR) is 557 cm³/mol. The van der Waals surface area contributed by atoms with Crippen LogP contribution in [0.3, 0.4) is 0 Å². The van der Waals surface area contributed by atoms with E-state index in [2.05, 4.69) is 511 Å². The molecule has 4 aliphatic carbocycles. The van der Waals surface area contributed by atoms with E-state index in [0.717, 1.165) is 67.0 Å². The molecule has 624 valence electrons. The zero-order chi connectivity index (χ0) is 88.1. The number of fused-ring (bicyclic) bond motifs is 26. The fraction of sp³-hybridized carbons (Fsp3) is 0.0156. The fourth-order valence-corrected chi connectivity index (χ4v) is 22.7. The number of rotatable bonds is 12. The molecule has 2 spiro atoms. The average molecular weight is 1710 g/mol. The first-order valence-corrected chi connectivity index (χ1v) is 46.2. The molecule has 21 aromatic carbocycles. The summed E-state index contributed by atoms with van der Waals surface area (Å²) in [6.07, 6.45) is 0. The van der Waals surface area contributed by atoms with Crippen molar-refractivity contribution in [2.75, 3.05) is 10.2 Å². The molecule has 4 nitrogen and oxygen atoms in total. The van der Waals surface area contributed by atoms with Crippen molar-refractivity contribution in [3.63, 3.8) is 0 Å². The Morgan fingerprint density at radius 3 is 0.985 bits per heavy atom. The molecule has 0 bridgehead atoms. The van der Waals surface area contributed by atoms with Crippen LogP contribution in [0, 0.1) is 0 Å². The lowest BCUT2D eigenvalue weighted by Gasteiger charge is -2.33. The Labute approximate surface area is 778 Å². The summed E-state index contributed by atoms with van der Waals surface area (Å²) in [6, 6.07) is 185. The smallest absolute Gasteiger partial charge is 0.0726 e. The molecular weight excluding hydrogens is 1630 g/mol. The number of nitrogens with zero attached hydrogens (tertiary/aromatic N) is 3. The van der Waals surface area contributed by atoms with Crippen LogP contribution in [0.15, 0.2) is 510 Å². The lowest BCUT2D eigenvalue weighted by molar-refractivity contribution is 0.793. The van der Waals surface area contributed by atoms with Crippen LogP contribution in [0.5, 0.6) is 0 Å². The van der Waals surface area contributed by atoms with Gasteiger partial charge in [-0.2, -0.15) is 0 Å². The van der Waals surface area contributed by atoms with Crippen molar-refractivity contribution >= 4 is 83.6 Å². The van der Waals surface area contributed by atoms with Gasteiger partial charge in [0.25, 0.3) is 0 Å². The number of aromatic nitrogens is 2. The second-order valence-corrected chi connectivity index (χ2v) is 35.3.